The molecule has 1 aromatic carbocycles. The number of benzene rings is 1. The second-order valence-corrected chi connectivity index (χ2v) is 3.67. The second-order valence-electron chi connectivity index (χ2n) is 3.67. The molecule has 2 aromatic rings. The molecule has 0 aliphatic rings. The van der Waals surface area contributed by atoms with Crippen LogP contribution >= 0.6 is 0 Å². The van der Waals surface area contributed by atoms with Crippen molar-refractivity contribution in [3.8, 4) is 5.75 Å². The molecule has 1 heterocycles. The van der Waals surface area contributed by atoms with E-state index < -0.39 is 5.97 Å². The first-order valence-electron chi connectivity index (χ1n) is 4.68. The lowest BCUT2D eigenvalue weighted by molar-refractivity contribution is 0.0666. The maximum absolute atomic E-state index is 10.8. The van der Waals surface area contributed by atoms with Crippen molar-refractivity contribution in [3.05, 3.63) is 23.0 Å². The highest BCUT2D eigenvalue weighted by Gasteiger charge is 2.20. The molecule has 0 amide bonds. The Bertz CT molecular complexity index is 598. The minimum absolute atomic E-state index is 0.0425. The van der Waals surface area contributed by atoms with Gasteiger partial charge in [0.2, 0.25) is 5.76 Å². The van der Waals surface area contributed by atoms with Gasteiger partial charge in [0.15, 0.2) is 0 Å². The van der Waals surface area contributed by atoms with E-state index in [1.807, 2.05) is 0 Å². The van der Waals surface area contributed by atoms with Crippen molar-refractivity contribution in [2.75, 3.05) is 5.73 Å². The van der Waals surface area contributed by atoms with Crippen molar-refractivity contribution in [1.82, 2.24) is 0 Å². The Morgan fingerprint density at radius 3 is 2.56 bits per heavy atom. The number of anilines is 1. The lowest BCUT2D eigenvalue weighted by Crippen LogP contribution is -1.98. The average Bonchev–Trinajstić information content (AvgIpc) is 2.54. The summed E-state index contributed by atoms with van der Waals surface area (Å²) in [6, 6.07) is 1.42. The van der Waals surface area contributed by atoms with Crippen LogP contribution in [0.15, 0.2) is 10.5 Å². The number of aromatic carboxylic acids is 1. The molecule has 4 N–H and O–H groups in total. The zero-order valence-corrected chi connectivity index (χ0v) is 8.87. The van der Waals surface area contributed by atoms with Gasteiger partial charge in [-0.3, -0.25) is 0 Å². The van der Waals surface area contributed by atoms with Crippen LogP contribution in [-0.2, 0) is 0 Å². The molecule has 84 valence electrons. The zero-order valence-electron chi connectivity index (χ0n) is 8.87. The first-order valence-corrected chi connectivity index (χ1v) is 4.68. The molecule has 0 atom stereocenters. The molecule has 0 unspecified atom stereocenters. The van der Waals surface area contributed by atoms with E-state index in [1.54, 1.807) is 13.8 Å². The summed E-state index contributed by atoms with van der Waals surface area (Å²) in [6.07, 6.45) is 0. The normalized spacial score (nSPS) is 10.9. The molecule has 0 saturated carbocycles. The van der Waals surface area contributed by atoms with E-state index in [4.69, 9.17) is 15.3 Å². The van der Waals surface area contributed by atoms with Crippen LogP contribution in [0.25, 0.3) is 11.0 Å². The van der Waals surface area contributed by atoms with E-state index in [2.05, 4.69) is 0 Å². The lowest BCUT2D eigenvalue weighted by Gasteiger charge is -2.03. The number of rotatable bonds is 1. The number of carboxylic acid groups (broad SMARTS) is 1. The topological polar surface area (TPSA) is 96.7 Å². The molecule has 16 heavy (non-hydrogen) atoms. The van der Waals surface area contributed by atoms with Gasteiger partial charge < -0.3 is 20.4 Å². The standard InChI is InChI=1S/C11H11NO4/c1-4-5(2)9-6(3-7(4)13)8(12)10(16-9)11(14)15/h3,13H,12H2,1-2H3,(H,14,15). The fourth-order valence-corrected chi connectivity index (χ4v) is 1.64. The summed E-state index contributed by atoms with van der Waals surface area (Å²) in [5, 5.41) is 18.9. The van der Waals surface area contributed by atoms with E-state index >= 15 is 0 Å². The van der Waals surface area contributed by atoms with Gasteiger partial charge in [0, 0.05) is 5.39 Å². The number of aryl methyl sites for hydroxylation is 1. The molecule has 5 heteroatoms. The maximum Gasteiger partial charge on any atom is 0.374 e. The molecule has 0 radical (unpaired) electrons. The van der Waals surface area contributed by atoms with E-state index in [1.165, 1.54) is 6.07 Å². The monoisotopic (exact) mass is 221 g/mol. The van der Waals surface area contributed by atoms with Crippen LogP contribution in [0.2, 0.25) is 0 Å². The Hall–Kier alpha value is -2.17. The van der Waals surface area contributed by atoms with Crippen molar-refractivity contribution in [2.24, 2.45) is 0 Å². The third kappa shape index (κ3) is 1.21. The number of phenols is 1. The van der Waals surface area contributed by atoms with Gasteiger partial charge in [-0.15, -0.1) is 0 Å². The largest absolute Gasteiger partial charge is 0.508 e. The number of nitrogen functional groups attached to an aromatic ring is 1. The molecule has 2 rings (SSSR count). The van der Waals surface area contributed by atoms with Crippen molar-refractivity contribution < 1.29 is 19.4 Å². The molecular weight excluding hydrogens is 210 g/mol. The molecule has 0 aliphatic heterocycles. The van der Waals surface area contributed by atoms with Crippen LogP contribution in [0.1, 0.15) is 21.7 Å². The van der Waals surface area contributed by atoms with Crippen LogP contribution < -0.4 is 5.73 Å². The molecule has 1 aromatic heterocycles. The smallest absolute Gasteiger partial charge is 0.374 e. The van der Waals surface area contributed by atoms with Crippen LogP contribution in [-0.4, -0.2) is 16.2 Å². The minimum atomic E-state index is -1.22. The number of fused-ring (bicyclic) bond motifs is 1. The summed E-state index contributed by atoms with van der Waals surface area (Å²) in [5.74, 6) is -1.43. The summed E-state index contributed by atoms with van der Waals surface area (Å²) in [5.41, 5.74) is 7.43. The predicted octanol–water partition coefficient (Wildman–Crippen LogP) is 2.04. The van der Waals surface area contributed by atoms with E-state index in [9.17, 15) is 9.90 Å². The number of hydrogen-bond acceptors (Lipinski definition) is 4. The summed E-state index contributed by atoms with van der Waals surface area (Å²) in [6.45, 7) is 3.47. The van der Waals surface area contributed by atoms with Gasteiger partial charge in [0.1, 0.15) is 11.3 Å². The van der Waals surface area contributed by atoms with Crippen molar-refractivity contribution in [1.29, 1.82) is 0 Å². The number of phenolic OH excluding ortho intramolecular Hbond substituents is 1. The third-order valence-electron chi connectivity index (χ3n) is 2.75. The van der Waals surface area contributed by atoms with Crippen LogP contribution in [0, 0.1) is 13.8 Å². The summed E-state index contributed by atoms with van der Waals surface area (Å²) in [7, 11) is 0. The fourth-order valence-electron chi connectivity index (χ4n) is 1.64. The minimum Gasteiger partial charge on any atom is -0.508 e. The van der Waals surface area contributed by atoms with Gasteiger partial charge in [-0.25, -0.2) is 4.79 Å². The first kappa shape index (κ1) is 10.4. The van der Waals surface area contributed by atoms with Gasteiger partial charge in [-0.05, 0) is 31.0 Å². The zero-order chi connectivity index (χ0) is 12.0. The van der Waals surface area contributed by atoms with Gasteiger partial charge in [0.05, 0.1) is 5.69 Å². The molecule has 0 saturated heterocycles. The van der Waals surface area contributed by atoms with E-state index in [0.29, 0.717) is 22.1 Å². The van der Waals surface area contributed by atoms with E-state index in [-0.39, 0.29) is 17.2 Å². The molecular formula is C11H11NO4. The van der Waals surface area contributed by atoms with Gasteiger partial charge >= 0.3 is 5.97 Å². The molecule has 0 bridgehead atoms. The Morgan fingerprint density at radius 1 is 1.38 bits per heavy atom. The highest BCUT2D eigenvalue weighted by Crippen LogP contribution is 2.36. The Kier molecular flexibility index (Phi) is 2.05. The fraction of sp³-hybridized carbons (Fsp3) is 0.182. The van der Waals surface area contributed by atoms with E-state index in [0.717, 1.165) is 0 Å². The molecule has 5 nitrogen and oxygen atoms in total. The molecule has 0 fully saturated rings. The Morgan fingerprint density at radius 2 is 2.00 bits per heavy atom. The highest BCUT2D eigenvalue weighted by molar-refractivity contribution is 6.04. The maximum atomic E-state index is 10.8. The summed E-state index contributed by atoms with van der Waals surface area (Å²) >= 11 is 0. The lowest BCUT2D eigenvalue weighted by atomic mass is 10.1. The molecule has 0 aliphatic carbocycles. The van der Waals surface area contributed by atoms with Crippen LogP contribution in [0.3, 0.4) is 0 Å². The predicted molar refractivity (Wildman–Crippen MR) is 58.7 cm³/mol. The summed E-state index contributed by atoms with van der Waals surface area (Å²) < 4.78 is 5.19. The van der Waals surface area contributed by atoms with Gasteiger partial charge in [0.25, 0.3) is 0 Å². The highest BCUT2D eigenvalue weighted by atomic mass is 16.4. The number of hydrogen-bond donors (Lipinski definition) is 3. The third-order valence-corrected chi connectivity index (χ3v) is 2.75. The van der Waals surface area contributed by atoms with Gasteiger partial charge in [-0.2, -0.15) is 0 Å². The molecule has 0 spiro atoms. The van der Waals surface area contributed by atoms with Crippen molar-refractivity contribution in [3.63, 3.8) is 0 Å². The van der Waals surface area contributed by atoms with Crippen LogP contribution in [0.5, 0.6) is 5.75 Å². The SMILES string of the molecule is Cc1c(O)cc2c(N)c(C(=O)O)oc2c1C. The van der Waals surface area contributed by atoms with Gasteiger partial charge in [-0.1, -0.05) is 0 Å². The number of carboxylic acids is 1. The number of carbonyl (C=O) groups is 1. The number of nitrogens with two attached hydrogens (primary N) is 1. The van der Waals surface area contributed by atoms with Crippen LogP contribution in [0.4, 0.5) is 5.69 Å². The number of furan rings is 1. The summed E-state index contributed by atoms with van der Waals surface area (Å²) in [4.78, 5) is 10.8. The Balaban J connectivity index is 2.92. The van der Waals surface area contributed by atoms with Crippen molar-refractivity contribution >= 4 is 22.6 Å². The Labute approximate surface area is 91.1 Å². The first-order chi connectivity index (χ1) is 7.43. The number of aromatic hydroxyl groups is 1. The van der Waals surface area contributed by atoms with Crippen molar-refractivity contribution in [2.45, 2.75) is 13.8 Å². The quantitative estimate of drug-likeness (QED) is 0.684. The second kappa shape index (κ2) is 3.16. The average molecular weight is 221 g/mol.